The van der Waals surface area contributed by atoms with E-state index in [0.29, 0.717) is 43.2 Å². The molecular weight excluding hydrogens is 386 g/mol. The number of carbonyl (C=O) groups excluding carboxylic acids is 2. The Kier molecular flexibility index (Phi) is 4.60. The molecule has 2 heterocycles. The Bertz CT molecular complexity index is 918. The number of urea groups is 1. The van der Waals surface area contributed by atoms with Crippen molar-refractivity contribution in [1.29, 1.82) is 0 Å². The van der Waals surface area contributed by atoms with Gasteiger partial charge in [-0.3, -0.25) is 14.4 Å². The van der Waals surface area contributed by atoms with Gasteiger partial charge in [0.2, 0.25) is 15.9 Å². The zero-order valence-corrected chi connectivity index (χ0v) is 16.6. The van der Waals surface area contributed by atoms with Gasteiger partial charge in [0.25, 0.3) is 0 Å². The van der Waals surface area contributed by atoms with Crippen molar-refractivity contribution >= 4 is 27.6 Å². The number of anilines is 1. The van der Waals surface area contributed by atoms with Gasteiger partial charge < -0.3 is 14.4 Å². The normalized spacial score (nSPS) is 27.4. The Morgan fingerprint density at radius 1 is 1.07 bits per heavy atom. The molecule has 152 valence electrons. The predicted octanol–water partition coefficient (Wildman–Crippen LogP) is 1.26. The third-order valence-corrected chi connectivity index (χ3v) is 7.57. The molecule has 4 rings (SSSR count). The molecule has 28 heavy (non-hydrogen) atoms. The molecule has 1 aliphatic carbocycles. The molecule has 0 radical (unpaired) electrons. The summed E-state index contributed by atoms with van der Waals surface area (Å²) >= 11 is 0. The van der Waals surface area contributed by atoms with Crippen molar-refractivity contribution in [2.75, 3.05) is 32.0 Å². The quantitative estimate of drug-likeness (QED) is 0.806. The zero-order valence-electron chi connectivity index (χ0n) is 15.8. The number of amides is 3. The van der Waals surface area contributed by atoms with Crippen molar-refractivity contribution in [3.8, 4) is 11.5 Å². The summed E-state index contributed by atoms with van der Waals surface area (Å²) in [6.45, 7) is 0.874. The number of benzene rings is 1. The molecule has 10 heteroatoms. The van der Waals surface area contributed by atoms with Gasteiger partial charge in [0.15, 0.2) is 11.5 Å². The standard InChI is InChI=1S/C18H23N3O6S/c1-20-14-5-4-12(10-13(14)17(22)21(2)18(20)23)28(24,25)19-11-3-6-15-16(9-11)27-8-7-26-15/h3,6,9,12-14,19H,4-5,7-8,10H2,1-2H3. The van der Waals surface area contributed by atoms with Gasteiger partial charge in [-0.25, -0.2) is 13.2 Å². The molecule has 9 nitrogen and oxygen atoms in total. The minimum absolute atomic E-state index is 0.186. The number of ether oxygens (including phenoxy) is 2. The van der Waals surface area contributed by atoms with Crippen LogP contribution in [-0.2, 0) is 14.8 Å². The fourth-order valence-electron chi connectivity index (χ4n) is 4.20. The minimum atomic E-state index is -3.71. The van der Waals surface area contributed by atoms with Crippen molar-refractivity contribution in [2.45, 2.75) is 30.6 Å². The second-order valence-corrected chi connectivity index (χ2v) is 9.37. The average Bonchev–Trinajstić information content (AvgIpc) is 2.69. The Hall–Kier alpha value is -2.49. The number of carbonyl (C=O) groups is 2. The Morgan fingerprint density at radius 2 is 1.79 bits per heavy atom. The third-order valence-electron chi connectivity index (χ3n) is 5.74. The van der Waals surface area contributed by atoms with E-state index in [9.17, 15) is 18.0 Å². The maximum absolute atomic E-state index is 12.9. The van der Waals surface area contributed by atoms with Crippen molar-refractivity contribution < 1.29 is 27.5 Å². The number of hydrogen-bond acceptors (Lipinski definition) is 6. The highest BCUT2D eigenvalue weighted by Gasteiger charge is 2.48. The highest BCUT2D eigenvalue weighted by Crippen LogP contribution is 2.37. The predicted molar refractivity (Wildman–Crippen MR) is 101 cm³/mol. The first kappa shape index (κ1) is 18.9. The van der Waals surface area contributed by atoms with E-state index in [1.807, 2.05) is 0 Å². The SMILES string of the molecule is CN1C(=O)C2CC(S(=O)(=O)Nc3ccc4c(c3)OCCO4)CCC2N(C)C1=O. The molecule has 3 atom stereocenters. The van der Waals surface area contributed by atoms with E-state index in [1.54, 1.807) is 30.1 Å². The Labute approximate surface area is 163 Å². The van der Waals surface area contributed by atoms with Gasteiger partial charge in [-0.15, -0.1) is 0 Å². The van der Waals surface area contributed by atoms with Crippen molar-refractivity contribution in [3.05, 3.63) is 18.2 Å². The van der Waals surface area contributed by atoms with Gasteiger partial charge in [0.1, 0.15) is 13.2 Å². The first-order valence-electron chi connectivity index (χ1n) is 9.23. The summed E-state index contributed by atoms with van der Waals surface area (Å²) in [7, 11) is -0.615. The molecule has 3 unspecified atom stereocenters. The molecule has 0 aromatic heterocycles. The lowest BCUT2D eigenvalue weighted by Gasteiger charge is -2.45. The molecule has 3 amide bonds. The van der Waals surface area contributed by atoms with Gasteiger partial charge >= 0.3 is 6.03 Å². The summed E-state index contributed by atoms with van der Waals surface area (Å²) in [5.41, 5.74) is 0.394. The van der Waals surface area contributed by atoms with Gasteiger partial charge in [0, 0.05) is 26.2 Å². The average molecular weight is 409 g/mol. The van der Waals surface area contributed by atoms with Crippen molar-refractivity contribution in [1.82, 2.24) is 9.80 Å². The molecule has 1 saturated carbocycles. The molecule has 1 aromatic rings. The van der Waals surface area contributed by atoms with E-state index in [4.69, 9.17) is 9.47 Å². The number of sulfonamides is 1. The van der Waals surface area contributed by atoms with E-state index in [2.05, 4.69) is 4.72 Å². The van der Waals surface area contributed by atoms with Crippen molar-refractivity contribution in [2.24, 2.45) is 5.92 Å². The molecule has 1 saturated heterocycles. The lowest BCUT2D eigenvalue weighted by atomic mass is 9.81. The van der Waals surface area contributed by atoms with E-state index in [1.165, 1.54) is 7.05 Å². The van der Waals surface area contributed by atoms with Crippen LogP contribution in [0.2, 0.25) is 0 Å². The fraction of sp³-hybridized carbons (Fsp3) is 0.556. The number of hydrogen-bond donors (Lipinski definition) is 1. The Balaban J connectivity index is 1.51. The molecule has 0 spiro atoms. The van der Waals surface area contributed by atoms with E-state index >= 15 is 0 Å². The highest BCUT2D eigenvalue weighted by molar-refractivity contribution is 7.93. The molecule has 2 aliphatic heterocycles. The molecule has 3 aliphatic rings. The van der Waals surface area contributed by atoms with E-state index in [0.717, 1.165) is 4.90 Å². The number of nitrogens with one attached hydrogen (secondary N) is 1. The lowest BCUT2D eigenvalue weighted by Crippen LogP contribution is -2.61. The van der Waals surface area contributed by atoms with Crippen LogP contribution in [0.1, 0.15) is 19.3 Å². The molecular formula is C18H23N3O6S. The summed E-state index contributed by atoms with van der Waals surface area (Å²) in [5.74, 6) is 0.258. The maximum atomic E-state index is 12.9. The van der Waals surface area contributed by atoms with Gasteiger partial charge in [-0.2, -0.15) is 0 Å². The number of nitrogens with zero attached hydrogens (tertiary/aromatic N) is 2. The lowest BCUT2D eigenvalue weighted by molar-refractivity contribution is -0.138. The van der Waals surface area contributed by atoms with Crippen LogP contribution in [0.5, 0.6) is 11.5 Å². The zero-order chi connectivity index (χ0) is 20.1. The van der Waals surface area contributed by atoms with Crippen LogP contribution in [0.3, 0.4) is 0 Å². The van der Waals surface area contributed by atoms with Gasteiger partial charge in [0.05, 0.1) is 16.9 Å². The number of fused-ring (bicyclic) bond motifs is 2. The molecule has 2 fully saturated rings. The van der Waals surface area contributed by atoms with E-state index in [-0.39, 0.29) is 24.4 Å². The van der Waals surface area contributed by atoms with Gasteiger partial charge in [-0.1, -0.05) is 0 Å². The molecule has 1 N–H and O–H groups in total. The smallest absolute Gasteiger partial charge is 0.326 e. The van der Waals surface area contributed by atoms with Crippen LogP contribution in [0.25, 0.3) is 0 Å². The largest absolute Gasteiger partial charge is 0.486 e. The fourth-order valence-corrected chi connectivity index (χ4v) is 5.73. The van der Waals surface area contributed by atoms with Crippen LogP contribution in [0.15, 0.2) is 18.2 Å². The summed E-state index contributed by atoms with van der Waals surface area (Å²) in [4.78, 5) is 27.3. The number of rotatable bonds is 3. The van der Waals surface area contributed by atoms with Crippen LogP contribution in [0.4, 0.5) is 10.5 Å². The third kappa shape index (κ3) is 3.15. The van der Waals surface area contributed by atoms with Gasteiger partial charge in [-0.05, 0) is 31.4 Å². The van der Waals surface area contributed by atoms with E-state index < -0.39 is 21.2 Å². The highest BCUT2D eigenvalue weighted by atomic mass is 32.2. The van der Waals surface area contributed by atoms with Crippen LogP contribution < -0.4 is 14.2 Å². The summed E-state index contributed by atoms with van der Waals surface area (Å²) < 4.78 is 39.4. The Morgan fingerprint density at radius 3 is 2.54 bits per heavy atom. The maximum Gasteiger partial charge on any atom is 0.326 e. The number of imide groups is 1. The second kappa shape index (κ2) is 6.84. The summed E-state index contributed by atoms with van der Waals surface area (Å²) in [6.07, 6.45) is 1.04. The minimum Gasteiger partial charge on any atom is -0.486 e. The topological polar surface area (TPSA) is 105 Å². The summed E-state index contributed by atoms with van der Waals surface area (Å²) in [5, 5.41) is -0.707. The first-order chi connectivity index (χ1) is 13.3. The van der Waals surface area contributed by atoms with Crippen LogP contribution >= 0.6 is 0 Å². The van der Waals surface area contributed by atoms with Crippen LogP contribution in [0, 0.1) is 5.92 Å². The second-order valence-electron chi connectivity index (χ2n) is 7.41. The monoisotopic (exact) mass is 409 g/mol. The summed E-state index contributed by atoms with van der Waals surface area (Å²) in [6, 6.07) is 4.30. The first-order valence-corrected chi connectivity index (χ1v) is 10.8. The molecule has 1 aromatic carbocycles. The van der Waals surface area contributed by atoms with Crippen molar-refractivity contribution in [3.63, 3.8) is 0 Å². The van der Waals surface area contributed by atoms with Crippen LogP contribution in [-0.4, -0.2) is 68.8 Å². The molecule has 0 bridgehead atoms.